The van der Waals surface area contributed by atoms with Gasteiger partial charge in [0.05, 0.1) is 23.1 Å². The Labute approximate surface area is 159 Å². The number of nitrogens with one attached hydrogen (secondary N) is 2. The highest BCUT2D eigenvalue weighted by atomic mass is 35.5. The fourth-order valence-electron chi connectivity index (χ4n) is 3.26. The Bertz CT molecular complexity index is 752. The summed E-state index contributed by atoms with van der Waals surface area (Å²) in [5.74, 6) is 0.0857. The lowest BCUT2D eigenvalue weighted by Crippen LogP contribution is -2.46. The normalized spacial score (nSPS) is 15.4. The second-order valence-corrected chi connectivity index (χ2v) is 7.27. The molecular weight excluding hydrogens is 350 g/mol. The van der Waals surface area contributed by atoms with Gasteiger partial charge in [0, 0.05) is 44.3 Å². The third kappa shape index (κ3) is 4.44. The van der Waals surface area contributed by atoms with Crippen molar-refractivity contribution in [1.29, 1.82) is 0 Å². The van der Waals surface area contributed by atoms with Gasteiger partial charge in [0.15, 0.2) is 0 Å². The molecule has 0 spiro atoms. The number of piperazine rings is 1. The van der Waals surface area contributed by atoms with Crippen LogP contribution in [0.5, 0.6) is 0 Å². The van der Waals surface area contributed by atoms with Gasteiger partial charge in [-0.05, 0) is 24.1 Å². The molecule has 1 saturated heterocycles. The minimum Gasteiger partial charge on any atom is -0.351 e. The molecule has 0 unspecified atom stereocenters. The smallest absolute Gasteiger partial charge is 0.254 e. The van der Waals surface area contributed by atoms with Gasteiger partial charge in [-0.1, -0.05) is 31.5 Å². The van der Waals surface area contributed by atoms with E-state index in [0.717, 1.165) is 44.1 Å². The van der Waals surface area contributed by atoms with Crippen LogP contribution in [0.4, 0.5) is 0 Å². The molecule has 1 aromatic carbocycles. The van der Waals surface area contributed by atoms with Crippen LogP contribution >= 0.6 is 11.6 Å². The maximum Gasteiger partial charge on any atom is 0.254 e. The van der Waals surface area contributed by atoms with E-state index in [2.05, 4.69) is 34.5 Å². The number of amides is 1. The van der Waals surface area contributed by atoms with Gasteiger partial charge >= 0.3 is 0 Å². The van der Waals surface area contributed by atoms with E-state index in [1.165, 1.54) is 0 Å². The Balaban J connectivity index is 1.71. The Hall–Kier alpha value is -1.89. The number of hydrogen-bond acceptors (Lipinski definition) is 4. The zero-order chi connectivity index (χ0) is 18.5. The van der Waals surface area contributed by atoms with Crippen LogP contribution < -0.4 is 10.6 Å². The summed E-state index contributed by atoms with van der Waals surface area (Å²) < 4.78 is 1.81. The van der Waals surface area contributed by atoms with Gasteiger partial charge in [-0.15, -0.1) is 0 Å². The van der Waals surface area contributed by atoms with Gasteiger partial charge in [-0.3, -0.25) is 9.69 Å². The number of halogens is 1. The lowest BCUT2D eigenvalue weighted by molar-refractivity contribution is 0.0946. The van der Waals surface area contributed by atoms with Crippen LogP contribution in [-0.4, -0.2) is 59.9 Å². The zero-order valence-electron chi connectivity index (χ0n) is 15.3. The summed E-state index contributed by atoms with van der Waals surface area (Å²) in [7, 11) is 0. The number of carbonyl (C=O) groups excluding carboxylic acids is 1. The molecule has 0 atom stereocenters. The highest BCUT2D eigenvalue weighted by Crippen LogP contribution is 2.24. The van der Waals surface area contributed by atoms with E-state index in [4.69, 9.17) is 11.6 Å². The van der Waals surface area contributed by atoms with Gasteiger partial charge < -0.3 is 10.6 Å². The fourth-order valence-corrected chi connectivity index (χ4v) is 3.44. The average Bonchev–Trinajstić information content (AvgIpc) is 3.08. The van der Waals surface area contributed by atoms with Crippen LogP contribution in [0, 0.1) is 0 Å². The Morgan fingerprint density at radius 3 is 2.81 bits per heavy atom. The molecule has 2 aromatic rings. The second kappa shape index (κ2) is 8.66. The van der Waals surface area contributed by atoms with Crippen molar-refractivity contribution in [2.24, 2.45) is 0 Å². The minimum absolute atomic E-state index is 0.0721. The predicted octanol–water partition coefficient (Wildman–Crippen LogP) is 2.28. The van der Waals surface area contributed by atoms with Crippen LogP contribution in [0.15, 0.2) is 30.5 Å². The van der Waals surface area contributed by atoms with Gasteiger partial charge in [0.2, 0.25) is 0 Å². The van der Waals surface area contributed by atoms with E-state index in [-0.39, 0.29) is 11.8 Å². The molecule has 2 heterocycles. The largest absolute Gasteiger partial charge is 0.351 e. The van der Waals surface area contributed by atoms with Crippen molar-refractivity contribution in [1.82, 2.24) is 25.3 Å². The molecule has 140 valence electrons. The van der Waals surface area contributed by atoms with Gasteiger partial charge in [0.1, 0.15) is 0 Å². The standard InChI is InChI=1S/C19H26ClN5O/c1-14(2)18-17(13-23-25(18)16-5-3-4-15(20)12-16)19(26)22-8-11-24-9-6-21-7-10-24/h3-5,12-14,21H,6-11H2,1-2H3,(H,22,26). The summed E-state index contributed by atoms with van der Waals surface area (Å²) in [6, 6.07) is 7.51. The highest BCUT2D eigenvalue weighted by molar-refractivity contribution is 6.30. The molecule has 0 radical (unpaired) electrons. The third-order valence-electron chi connectivity index (χ3n) is 4.57. The summed E-state index contributed by atoms with van der Waals surface area (Å²) in [4.78, 5) is 15.1. The van der Waals surface area contributed by atoms with Crippen molar-refractivity contribution in [3.8, 4) is 5.69 Å². The number of aromatic nitrogens is 2. The quantitative estimate of drug-likeness (QED) is 0.813. The first-order chi connectivity index (χ1) is 12.6. The first-order valence-corrected chi connectivity index (χ1v) is 9.49. The van der Waals surface area contributed by atoms with Crippen LogP contribution in [0.2, 0.25) is 5.02 Å². The molecule has 0 bridgehead atoms. The van der Waals surface area contributed by atoms with Gasteiger partial charge in [-0.25, -0.2) is 4.68 Å². The maximum atomic E-state index is 12.7. The monoisotopic (exact) mass is 375 g/mol. The molecule has 1 aromatic heterocycles. The van der Waals surface area contributed by atoms with E-state index < -0.39 is 0 Å². The molecule has 1 aliphatic heterocycles. The van der Waals surface area contributed by atoms with Crippen molar-refractivity contribution in [2.45, 2.75) is 19.8 Å². The lowest BCUT2D eigenvalue weighted by Gasteiger charge is -2.27. The summed E-state index contributed by atoms with van der Waals surface area (Å²) in [6.45, 7) is 9.71. The summed E-state index contributed by atoms with van der Waals surface area (Å²) in [5.41, 5.74) is 2.38. The first-order valence-electron chi connectivity index (χ1n) is 9.11. The molecule has 1 aliphatic rings. The van der Waals surface area contributed by atoms with E-state index in [0.29, 0.717) is 17.1 Å². The van der Waals surface area contributed by atoms with Crippen LogP contribution in [0.25, 0.3) is 5.69 Å². The highest BCUT2D eigenvalue weighted by Gasteiger charge is 2.21. The van der Waals surface area contributed by atoms with Crippen LogP contribution in [0.3, 0.4) is 0 Å². The zero-order valence-corrected chi connectivity index (χ0v) is 16.1. The summed E-state index contributed by atoms with van der Waals surface area (Å²) >= 11 is 6.11. The average molecular weight is 376 g/mol. The number of rotatable bonds is 6. The number of carbonyl (C=O) groups is 1. The van der Waals surface area contributed by atoms with Gasteiger partial charge in [0.25, 0.3) is 5.91 Å². The van der Waals surface area contributed by atoms with E-state index in [1.54, 1.807) is 6.20 Å². The van der Waals surface area contributed by atoms with E-state index in [1.807, 2.05) is 28.9 Å². The number of nitrogens with zero attached hydrogens (tertiary/aromatic N) is 3. The lowest BCUT2D eigenvalue weighted by atomic mass is 10.1. The van der Waals surface area contributed by atoms with Crippen LogP contribution in [-0.2, 0) is 0 Å². The summed E-state index contributed by atoms with van der Waals surface area (Å²) in [5, 5.41) is 11.5. The molecular formula is C19H26ClN5O. The van der Waals surface area contributed by atoms with Crippen molar-refractivity contribution in [3.63, 3.8) is 0 Å². The predicted molar refractivity (Wildman–Crippen MR) is 104 cm³/mol. The topological polar surface area (TPSA) is 62.2 Å². The van der Waals surface area contributed by atoms with Crippen molar-refractivity contribution in [2.75, 3.05) is 39.3 Å². The molecule has 3 rings (SSSR count). The minimum atomic E-state index is -0.0721. The van der Waals surface area contributed by atoms with E-state index in [9.17, 15) is 4.79 Å². The van der Waals surface area contributed by atoms with Crippen molar-refractivity contribution < 1.29 is 4.79 Å². The first kappa shape index (κ1) is 18.9. The molecule has 1 amide bonds. The van der Waals surface area contributed by atoms with Crippen molar-refractivity contribution in [3.05, 3.63) is 46.7 Å². The van der Waals surface area contributed by atoms with Crippen LogP contribution in [0.1, 0.15) is 35.8 Å². The summed E-state index contributed by atoms with van der Waals surface area (Å²) in [6.07, 6.45) is 1.65. The second-order valence-electron chi connectivity index (χ2n) is 6.84. The maximum absolute atomic E-state index is 12.7. The molecule has 7 heteroatoms. The third-order valence-corrected chi connectivity index (χ3v) is 4.81. The fraction of sp³-hybridized carbons (Fsp3) is 0.474. The molecule has 0 saturated carbocycles. The number of hydrogen-bond donors (Lipinski definition) is 2. The molecule has 2 N–H and O–H groups in total. The Kier molecular flexibility index (Phi) is 6.29. The molecule has 1 fully saturated rings. The SMILES string of the molecule is CC(C)c1c(C(=O)NCCN2CCNCC2)cnn1-c1cccc(Cl)c1. The molecule has 6 nitrogen and oxygen atoms in total. The van der Waals surface area contributed by atoms with E-state index >= 15 is 0 Å². The molecule has 0 aliphatic carbocycles. The van der Waals surface area contributed by atoms with Gasteiger partial charge in [-0.2, -0.15) is 5.10 Å². The Morgan fingerprint density at radius 1 is 1.35 bits per heavy atom. The Morgan fingerprint density at radius 2 is 2.12 bits per heavy atom. The number of benzene rings is 1. The van der Waals surface area contributed by atoms with Crippen molar-refractivity contribution >= 4 is 17.5 Å². The molecule has 26 heavy (non-hydrogen) atoms.